The van der Waals surface area contributed by atoms with Crippen molar-refractivity contribution >= 4 is 5.97 Å². The van der Waals surface area contributed by atoms with Crippen LogP contribution in [0.3, 0.4) is 0 Å². The summed E-state index contributed by atoms with van der Waals surface area (Å²) >= 11 is 0. The molecule has 10 atom stereocenters. The first-order chi connectivity index (χ1) is 14.9. The lowest BCUT2D eigenvalue weighted by Crippen LogP contribution is -2.69. The second-order valence-electron chi connectivity index (χ2n) is 12.1. The highest BCUT2D eigenvalue weighted by atomic mass is 16.6. The number of rotatable bonds is 1. The molecular formula is C26H34O6. The Balaban J connectivity index is 1.51. The largest absolute Gasteiger partial charge is 0.472 e. The number of aliphatic hydroxyl groups is 2. The zero-order chi connectivity index (χ0) is 22.9. The van der Waals surface area contributed by atoms with Crippen LogP contribution < -0.4 is 0 Å². The summed E-state index contributed by atoms with van der Waals surface area (Å²) in [5.41, 5.74) is -1.53. The zero-order valence-corrected chi connectivity index (χ0v) is 19.5. The molecule has 5 aliphatic rings. The topological polar surface area (TPSA) is 92.4 Å². The highest BCUT2D eigenvalue weighted by Gasteiger charge is 2.89. The van der Waals surface area contributed by atoms with Crippen LogP contribution in [0.25, 0.3) is 0 Å². The molecule has 6 heteroatoms. The lowest BCUT2D eigenvalue weighted by atomic mass is 9.38. The van der Waals surface area contributed by atoms with Gasteiger partial charge in [0, 0.05) is 28.7 Å². The van der Waals surface area contributed by atoms with Gasteiger partial charge in [-0.1, -0.05) is 26.8 Å². The normalized spacial score (nSPS) is 55.2. The van der Waals surface area contributed by atoms with E-state index in [1.807, 2.05) is 26.0 Å². The van der Waals surface area contributed by atoms with Gasteiger partial charge in [-0.3, -0.25) is 0 Å². The van der Waals surface area contributed by atoms with Crippen molar-refractivity contribution in [3.05, 3.63) is 36.3 Å². The van der Waals surface area contributed by atoms with Crippen LogP contribution in [0.1, 0.15) is 65.4 Å². The third-order valence-electron chi connectivity index (χ3n) is 10.7. The van der Waals surface area contributed by atoms with E-state index in [0.29, 0.717) is 6.42 Å². The number of hydrogen-bond acceptors (Lipinski definition) is 6. The molecule has 1 aromatic rings. The fourth-order valence-electron chi connectivity index (χ4n) is 9.41. The Morgan fingerprint density at radius 1 is 1.09 bits per heavy atom. The molecule has 4 fully saturated rings. The molecule has 2 N–H and O–H groups in total. The van der Waals surface area contributed by atoms with E-state index in [4.69, 9.17) is 13.9 Å². The maximum atomic E-state index is 12.4. The molecule has 0 aromatic carbocycles. The average Bonchev–Trinajstić information content (AvgIpc) is 3.22. The Morgan fingerprint density at radius 3 is 2.53 bits per heavy atom. The lowest BCUT2D eigenvalue weighted by molar-refractivity contribution is -0.233. The Morgan fingerprint density at radius 2 is 1.84 bits per heavy atom. The summed E-state index contributed by atoms with van der Waals surface area (Å²) in [7, 11) is 0. The van der Waals surface area contributed by atoms with Crippen LogP contribution in [0.2, 0.25) is 0 Å². The minimum absolute atomic E-state index is 0.0141. The van der Waals surface area contributed by atoms with Gasteiger partial charge >= 0.3 is 5.97 Å². The number of ether oxygens (including phenoxy) is 2. The average molecular weight is 443 g/mol. The first-order valence-corrected chi connectivity index (χ1v) is 11.9. The van der Waals surface area contributed by atoms with Gasteiger partial charge in [0.05, 0.1) is 24.7 Å². The first kappa shape index (κ1) is 20.9. The number of allylic oxidation sites excluding steroid dienone is 1. The predicted molar refractivity (Wildman–Crippen MR) is 116 cm³/mol. The molecule has 2 aliphatic heterocycles. The second-order valence-corrected chi connectivity index (χ2v) is 12.1. The monoisotopic (exact) mass is 442 g/mol. The Hall–Kier alpha value is -1.63. The predicted octanol–water partition coefficient (Wildman–Crippen LogP) is 3.58. The van der Waals surface area contributed by atoms with Crippen molar-refractivity contribution in [2.24, 2.45) is 28.1 Å². The van der Waals surface area contributed by atoms with Gasteiger partial charge in [0.15, 0.2) is 0 Å². The van der Waals surface area contributed by atoms with Crippen molar-refractivity contribution in [1.29, 1.82) is 0 Å². The van der Waals surface area contributed by atoms with Crippen LogP contribution in [-0.4, -0.2) is 45.7 Å². The fourth-order valence-corrected chi connectivity index (χ4v) is 9.41. The van der Waals surface area contributed by atoms with Crippen LogP contribution in [-0.2, 0) is 14.3 Å². The van der Waals surface area contributed by atoms with Crippen molar-refractivity contribution in [2.75, 3.05) is 0 Å². The summed E-state index contributed by atoms with van der Waals surface area (Å²) in [5, 5.41) is 23.2. The number of cyclic esters (lactones) is 1. The van der Waals surface area contributed by atoms with Gasteiger partial charge in [-0.15, -0.1) is 0 Å². The van der Waals surface area contributed by atoms with Crippen LogP contribution in [0, 0.1) is 28.1 Å². The number of carbonyl (C=O) groups is 1. The molecule has 0 bridgehead atoms. The lowest BCUT2D eigenvalue weighted by Gasteiger charge is -2.66. The number of aliphatic hydroxyl groups excluding tert-OH is 2. The second kappa shape index (κ2) is 5.89. The van der Waals surface area contributed by atoms with Gasteiger partial charge in [-0.05, 0) is 56.1 Å². The summed E-state index contributed by atoms with van der Waals surface area (Å²) < 4.78 is 17.7. The van der Waals surface area contributed by atoms with E-state index in [1.54, 1.807) is 18.6 Å². The van der Waals surface area contributed by atoms with E-state index >= 15 is 0 Å². The van der Waals surface area contributed by atoms with Crippen LogP contribution in [0.5, 0.6) is 0 Å². The molecule has 1 aromatic heterocycles. The molecule has 32 heavy (non-hydrogen) atoms. The van der Waals surface area contributed by atoms with Crippen molar-refractivity contribution in [2.45, 2.75) is 89.3 Å². The standard InChI is InChI=1S/C26H34O6/c1-22(2)16-12-17(27)25(5)15(23(16,3)9-7-18(28)31-22)6-10-24(4)19(14-8-11-30-13-14)20(29)21-26(24,25)32-21/h7-9,11,13,15-17,19-21,27,29H,6,10,12H2,1-5H3. The molecule has 10 unspecified atom stereocenters. The van der Waals surface area contributed by atoms with E-state index in [9.17, 15) is 15.0 Å². The molecule has 6 nitrogen and oxygen atoms in total. The van der Waals surface area contributed by atoms with E-state index < -0.39 is 28.8 Å². The third kappa shape index (κ3) is 2.07. The molecule has 3 heterocycles. The van der Waals surface area contributed by atoms with Gasteiger partial charge in [-0.2, -0.15) is 0 Å². The SMILES string of the molecule is CC1(C)OC(=O)C=CC2(C)C1CC(O)C1(C)C2CCC2(C)C(c3ccoc3)C(O)C3OC321. The van der Waals surface area contributed by atoms with Gasteiger partial charge in [-0.25, -0.2) is 4.79 Å². The summed E-state index contributed by atoms with van der Waals surface area (Å²) in [6, 6.07) is 1.94. The van der Waals surface area contributed by atoms with Gasteiger partial charge in [0.1, 0.15) is 17.3 Å². The highest BCUT2D eigenvalue weighted by Crippen LogP contribution is 2.81. The van der Waals surface area contributed by atoms with Crippen LogP contribution in [0.15, 0.2) is 35.2 Å². The Labute approximate surface area is 189 Å². The van der Waals surface area contributed by atoms with E-state index in [0.717, 1.165) is 18.4 Å². The van der Waals surface area contributed by atoms with Crippen molar-refractivity contribution < 1.29 is 28.9 Å². The van der Waals surface area contributed by atoms with Crippen molar-refractivity contribution in [3.8, 4) is 0 Å². The Bertz CT molecular complexity index is 998. The number of carbonyl (C=O) groups excluding carboxylic acids is 1. The Kier molecular flexibility index (Phi) is 3.85. The number of fused-ring (bicyclic) bond motifs is 3. The molecule has 3 saturated carbocycles. The fraction of sp³-hybridized carbons (Fsp3) is 0.731. The van der Waals surface area contributed by atoms with Crippen molar-refractivity contribution in [1.82, 2.24) is 0 Å². The molecule has 174 valence electrons. The number of furan rings is 1. The number of hydrogen-bond donors (Lipinski definition) is 2. The van der Waals surface area contributed by atoms with E-state index in [1.165, 1.54) is 0 Å². The molecule has 1 spiro atoms. The van der Waals surface area contributed by atoms with Crippen LogP contribution >= 0.6 is 0 Å². The first-order valence-electron chi connectivity index (χ1n) is 11.9. The van der Waals surface area contributed by atoms with Gasteiger partial charge in [0.25, 0.3) is 0 Å². The maximum absolute atomic E-state index is 12.4. The van der Waals surface area contributed by atoms with Crippen molar-refractivity contribution in [3.63, 3.8) is 0 Å². The molecule has 1 saturated heterocycles. The summed E-state index contributed by atoms with van der Waals surface area (Å²) in [4.78, 5) is 12.4. The summed E-state index contributed by atoms with van der Waals surface area (Å²) in [5.74, 6) is -0.346. The molecule has 0 amide bonds. The van der Waals surface area contributed by atoms with E-state index in [2.05, 4.69) is 20.8 Å². The molecule has 3 aliphatic carbocycles. The zero-order valence-electron chi connectivity index (χ0n) is 19.5. The highest BCUT2D eigenvalue weighted by molar-refractivity contribution is 5.83. The van der Waals surface area contributed by atoms with Gasteiger partial charge < -0.3 is 24.1 Å². The van der Waals surface area contributed by atoms with Crippen LogP contribution in [0.4, 0.5) is 0 Å². The molecule has 0 radical (unpaired) electrons. The van der Waals surface area contributed by atoms with Gasteiger partial charge in [0.2, 0.25) is 0 Å². The third-order valence-corrected chi connectivity index (χ3v) is 10.7. The van der Waals surface area contributed by atoms with E-state index in [-0.39, 0.29) is 40.7 Å². The summed E-state index contributed by atoms with van der Waals surface area (Å²) in [6.07, 6.45) is 7.71. The number of esters is 1. The quantitative estimate of drug-likeness (QED) is 0.510. The smallest absolute Gasteiger partial charge is 0.330 e. The molecule has 6 rings (SSSR count). The maximum Gasteiger partial charge on any atom is 0.330 e. The molecular weight excluding hydrogens is 408 g/mol. The minimum atomic E-state index is -0.686. The number of epoxide rings is 1. The summed E-state index contributed by atoms with van der Waals surface area (Å²) in [6.45, 7) is 10.5. The minimum Gasteiger partial charge on any atom is -0.472 e.